The lowest BCUT2D eigenvalue weighted by Gasteiger charge is -2.24. The van der Waals surface area contributed by atoms with E-state index in [1.165, 1.54) is 53.3 Å². The SMILES string of the molecule is CCCCc1cc(C[Si](C)(C)c2ccccc2)cc(CCCC)c1S. The molecule has 0 saturated heterocycles. The molecule has 2 heteroatoms. The molecule has 0 bridgehead atoms. The third kappa shape index (κ3) is 5.75. The lowest BCUT2D eigenvalue weighted by atomic mass is 9.99. The predicted molar refractivity (Wildman–Crippen MR) is 118 cm³/mol. The Balaban J connectivity index is 2.32. The first-order valence-corrected chi connectivity index (χ1v) is 13.5. The number of hydrogen-bond donors (Lipinski definition) is 1. The van der Waals surface area contributed by atoms with Gasteiger partial charge >= 0.3 is 0 Å². The molecule has 0 amide bonds. The Bertz CT molecular complexity index is 632. The van der Waals surface area contributed by atoms with Crippen LogP contribution in [0.4, 0.5) is 0 Å². The smallest absolute Gasteiger partial charge is 0.0849 e. The van der Waals surface area contributed by atoms with E-state index in [1.807, 2.05) is 0 Å². The van der Waals surface area contributed by atoms with Gasteiger partial charge in [0.15, 0.2) is 0 Å². The summed E-state index contributed by atoms with van der Waals surface area (Å²) in [6.45, 7) is 9.53. The van der Waals surface area contributed by atoms with Crippen molar-refractivity contribution in [3.05, 3.63) is 59.2 Å². The van der Waals surface area contributed by atoms with Crippen LogP contribution in [0, 0.1) is 0 Å². The van der Waals surface area contributed by atoms with Crippen LogP contribution in [0.5, 0.6) is 0 Å². The number of aryl methyl sites for hydroxylation is 2. The maximum atomic E-state index is 4.90. The van der Waals surface area contributed by atoms with Crippen molar-refractivity contribution in [1.82, 2.24) is 0 Å². The molecule has 25 heavy (non-hydrogen) atoms. The third-order valence-electron chi connectivity index (χ3n) is 5.13. The summed E-state index contributed by atoms with van der Waals surface area (Å²) < 4.78 is 0. The molecular formula is C23H34SSi. The van der Waals surface area contributed by atoms with E-state index in [2.05, 4.69) is 69.4 Å². The van der Waals surface area contributed by atoms with Crippen molar-refractivity contribution < 1.29 is 0 Å². The van der Waals surface area contributed by atoms with Gasteiger partial charge in [-0.1, -0.05) is 87.4 Å². The van der Waals surface area contributed by atoms with E-state index >= 15 is 0 Å². The topological polar surface area (TPSA) is 0 Å². The number of unbranched alkanes of at least 4 members (excludes halogenated alkanes) is 2. The van der Waals surface area contributed by atoms with Crippen LogP contribution in [-0.4, -0.2) is 8.07 Å². The van der Waals surface area contributed by atoms with Crippen molar-refractivity contribution in [2.45, 2.75) is 76.4 Å². The van der Waals surface area contributed by atoms with Gasteiger partial charge in [-0.25, -0.2) is 0 Å². The van der Waals surface area contributed by atoms with Gasteiger partial charge in [0.25, 0.3) is 0 Å². The molecule has 0 fully saturated rings. The largest absolute Gasteiger partial charge is 0.143 e. The van der Waals surface area contributed by atoms with E-state index in [0.717, 1.165) is 12.8 Å². The number of hydrogen-bond acceptors (Lipinski definition) is 1. The van der Waals surface area contributed by atoms with Gasteiger partial charge in [-0.05, 0) is 48.4 Å². The average Bonchev–Trinajstić information content (AvgIpc) is 2.61. The third-order valence-corrected chi connectivity index (χ3v) is 8.89. The van der Waals surface area contributed by atoms with Crippen LogP contribution in [0.15, 0.2) is 47.4 Å². The summed E-state index contributed by atoms with van der Waals surface area (Å²) in [5, 5.41) is 1.55. The van der Waals surface area contributed by atoms with Gasteiger partial charge in [-0.15, -0.1) is 12.6 Å². The summed E-state index contributed by atoms with van der Waals surface area (Å²) in [5.41, 5.74) is 4.45. The molecule has 0 aliphatic carbocycles. The molecule has 0 aliphatic heterocycles. The van der Waals surface area contributed by atoms with Crippen molar-refractivity contribution in [3.8, 4) is 0 Å². The van der Waals surface area contributed by atoms with Gasteiger partial charge in [0.1, 0.15) is 0 Å². The Morgan fingerprint density at radius 2 is 1.36 bits per heavy atom. The highest BCUT2D eigenvalue weighted by atomic mass is 32.1. The fraction of sp³-hybridized carbons (Fsp3) is 0.478. The maximum Gasteiger partial charge on any atom is 0.0849 e. The van der Waals surface area contributed by atoms with Gasteiger partial charge < -0.3 is 0 Å². The zero-order valence-corrected chi connectivity index (χ0v) is 18.3. The minimum Gasteiger partial charge on any atom is -0.143 e. The summed E-state index contributed by atoms with van der Waals surface area (Å²) in [6, 6.07) is 17.2. The summed E-state index contributed by atoms with van der Waals surface area (Å²) in [4.78, 5) is 1.25. The van der Waals surface area contributed by atoms with Crippen molar-refractivity contribution in [1.29, 1.82) is 0 Å². The lowest BCUT2D eigenvalue weighted by Crippen LogP contribution is -2.43. The Kier molecular flexibility index (Phi) is 7.83. The zero-order chi connectivity index (χ0) is 18.3. The van der Waals surface area contributed by atoms with E-state index in [-0.39, 0.29) is 0 Å². The van der Waals surface area contributed by atoms with Crippen molar-refractivity contribution >= 4 is 25.9 Å². The van der Waals surface area contributed by atoms with Gasteiger partial charge in [0.05, 0.1) is 8.07 Å². The Labute approximate surface area is 161 Å². The highest BCUT2D eigenvalue weighted by Crippen LogP contribution is 2.27. The molecule has 0 aromatic heterocycles. The number of thiol groups is 1. The van der Waals surface area contributed by atoms with Gasteiger partial charge in [-0.2, -0.15) is 0 Å². The molecule has 0 heterocycles. The van der Waals surface area contributed by atoms with E-state index < -0.39 is 8.07 Å². The predicted octanol–water partition coefficient (Wildman–Crippen LogP) is 6.36. The molecule has 2 aromatic carbocycles. The fourth-order valence-electron chi connectivity index (χ4n) is 3.55. The molecule has 0 N–H and O–H groups in total. The van der Waals surface area contributed by atoms with E-state index in [1.54, 1.807) is 5.19 Å². The van der Waals surface area contributed by atoms with Crippen LogP contribution < -0.4 is 5.19 Å². The van der Waals surface area contributed by atoms with E-state index in [4.69, 9.17) is 12.6 Å². The van der Waals surface area contributed by atoms with Crippen LogP contribution >= 0.6 is 12.6 Å². The number of rotatable bonds is 9. The van der Waals surface area contributed by atoms with Crippen LogP contribution in [-0.2, 0) is 18.9 Å². The van der Waals surface area contributed by atoms with Crippen LogP contribution in [0.3, 0.4) is 0 Å². The minimum absolute atomic E-state index is 1.16. The Morgan fingerprint density at radius 1 is 0.840 bits per heavy atom. The summed E-state index contributed by atoms with van der Waals surface area (Å²) >= 11 is 4.90. The highest BCUT2D eigenvalue weighted by molar-refractivity contribution is 7.80. The van der Waals surface area contributed by atoms with Crippen molar-refractivity contribution in [2.75, 3.05) is 0 Å². The average molecular weight is 371 g/mol. The second-order valence-electron chi connectivity index (χ2n) is 7.90. The maximum absolute atomic E-state index is 4.90. The van der Waals surface area contributed by atoms with Gasteiger partial charge in [0.2, 0.25) is 0 Å². The second-order valence-corrected chi connectivity index (χ2v) is 13.0. The van der Waals surface area contributed by atoms with Crippen LogP contribution in [0.1, 0.15) is 56.2 Å². The molecule has 0 unspecified atom stereocenters. The monoisotopic (exact) mass is 370 g/mol. The first-order valence-electron chi connectivity index (χ1n) is 9.87. The molecule has 0 radical (unpaired) electrons. The standard InChI is InChI=1S/C23H34SSi/c1-5-7-12-20-16-19(17-21(23(20)24)13-8-6-2)18-25(3,4)22-14-10-9-11-15-22/h9-11,14-17,24H,5-8,12-13,18H2,1-4H3. The molecule has 0 spiro atoms. The Morgan fingerprint density at radius 3 is 1.84 bits per heavy atom. The summed E-state index contributed by atoms with van der Waals surface area (Å²) in [7, 11) is -1.47. The van der Waals surface area contributed by atoms with Gasteiger partial charge in [0, 0.05) is 4.90 Å². The zero-order valence-electron chi connectivity index (χ0n) is 16.4. The van der Waals surface area contributed by atoms with E-state index in [0.29, 0.717) is 0 Å². The molecular weight excluding hydrogens is 336 g/mol. The molecule has 136 valence electrons. The first kappa shape index (κ1) is 20.3. The van der Waals surface area contributed by atoms with E-state index in [9.17, 15) is 0 Å². The highest BCUT2D eigenvalue weighted by Gasteiger charge is 2.24. The lowest BCUT2D eigenvalue weighted by molar-refractivity contribution is 0.760. The minimum atomic E-state index is -1.47. The fourth-order valence-corrected chi connectivity index (χ4v) is 6.43. The summed E-state index contributed by atoms with van der Waals surface area (Å²) in [6.07, 6.45) is 7.32. The normalized spacial score (nSPS) is 11.7. The molecule has 0 nitrogen and oxygen atoms in total. The Hall–Kier alpha value is -0.993. The number of benzene rings is 2. The van der Waals surface area contributed by atoms with Gasteiger partial charge in [-0.3, -0.25) is 0 Å². The van der Waals surface area contributed by atoms with Crippen LogP contribution in [0.25, 0.3) is 0 Å². The first-order chi connectivity index (χ1) is 12.0. The second kappa shape index (κ2) is 9.63. The molecule has 2 rings (SSSR count). The molecule has 0 saturated carbocycles. The van der Waals surface area contributed by atoms with Crippen molar-refractivity contribution in [2.24, 2.45) is 0 Å². The van der Waals surface area contributed by atoms with Crippen molar-refractivity contribution in [3.63, 3.8) is 0 Å². The molecule has 0 atom stereocenters. The summed E-state index contributed by atoms with van der Waals surface area (Å²) in [5.74, 6) is 0. The molecule has 0 aliphatic rings. The molecule has 2 aromatic rings. The van der Waals surface area contributed by atoms with Crippen LogP contribution in [0.2, 0.25) is 13.1 Å². The quantitative estimate of drug-likeness (QED) is 0.385.